The van der Waals surface area contributed by atoms with Crippen molar-refractivity contribution in [2.24, 2.45) is 4.99 Å². The van der Waals surface area contributed by atoms with E-state index < -0.39 is 12.2 Å². The van der Waals surface area contributed by atoms with E-state index in [1.807, 2.05) is 0 Å². The molecule has 0 aromatic rings. The van der Waals surface area contributed by atoms with Crippen molar-refractivity contribution in [1.82, 2.24) is 5.32 Å². The molecule has 0 saturated heterocycles. The highest BCUT2D eigenvalue weighted by Crippen LogP contribution is 2.05. The number of hydrogen-bond acceptors (Lipinski definition) is 5. The molecule has 7 heteroatoms. The second kappa shape index (κ2) is 9.71. The van der Waals surface area contributed by atoms with E-state index in [-0.39, 0.29) is 18.4 Å². The van der Waals surface area contributed by atoms with Crippen LogP contribution in [0.2, 0.25) is 0 Å². The minimum Gasteiger partial charge on any atom is -0.450 e. The molecule has 0 aliphatic heterocycles. The van der Waals surface area contributed by atoms with Crippen molar-refractivity contribution in [2.75, 3.05) is 13.2 Å². The van der Waals surface area contributed by atoms with E-state index in [4.69, 9.17) is 0 Å². The lowest BCUT2D eigenvalue weighted by Crippen LogP contribution is -2.29. The number of hydrogen-bond donors (Lipinski definition) is 1. The van der Waals surface area contributed by atoms with E-state index in [2.05, 4.69) is 19.8 Å². The zero-order chi connectivity index (χ0) is 13.1. The number of amidine groups is 1. The lowest BCUT2D eigenvalue weighted by atomic mass is 10.8. The maximum Gasteiger partial charge on any atom is 0.436 e. The summed E-state index contributed by atoms with van der Waals surface area (Å²) in [4.78, 5) is 25.9. The molecule has 0 unspecified atom stereocenters. The SMILES string of the molecule is CC=CSC(=NC(=O)OCC)NC(=O)OCC. The Labute approximate surface area is 104 Å². The van der Waals surface area contributed by atoms with Crippen LogP contribution in [0.1, 0.15) is 20.8 Å². The largest absolute Gasteiger partial charge is 0.450 e. The van der Waals surface area contributed by atoms with Crippen LogP contribution in [-0.4, -0.2) is 30.6 Å². The molecule has 0 saturated carbocycles. The number of thioether (sulfide) groups is 1. The van der Waals surface area contributed by atoms with E-state index in [0.717, 1.165) is 11.8 Å². The van der Waals surface area contributed by atoms with Gasteiger partial charge in [-0.05, 0) is 26.2 Å². The molecule has 0 fully saturated rings. The van der Waals surface area contributed by atoms with Crippen LogP contribution < -0.4 is 5.32 Å². The van der Waals surface area contributed by atoms with Crippen LogP contribution in [0.4, 0.5) is 9.59 Å². The third kappa shape index (κ3) is 8.32. The number of nitrogens with zero attached hydrogens (tertiary/aromatic N) is 1. The number of rotatable bonds is 3. The number of amides is 2. The Kier molecular flexibility index (Phi) is 8.85. The second-order valence-corrected chi connectivity index (χ2v) is 3.44. The molecule has 0 spiro atoms. The molecule has 1 N–H and O–H groups in total. The van der Waals surface area contributed by atoms with Crippen LogP contribution in [0.5, 0.6) is 0 Å². The molecule has 2 amide bonds. The minimum absolute atomic E-state index is 0.111. The van der Waals surface area contributed by atoms with Gasteiger partial charge in [-0.15, -0.1) is 0 Å². The van der Waals surface area contributed by atoms with Gasteiger partial charge in [0.15, 0.2) is 5.17 Å². The molecular formula is C10H16N2O4S. The van der Waals surface area contributed by atoms with Crippen molar-refractivity contribution in [2.45, 2.75) is 20.8 Å². The number of ether oxygens (including phenoxy) is 2. The van der Waals surface area contributed by atoms with Crippen LogP contribution in [0.3, 0.4) is 0 Å². The van der Waals surface area contributed by atoms with Crippen LogP contribution in [0.15, 0.2) is 16.5 Å². The Morgan fingerprint density at radius 1 is 1.29 bits per heavy atom. The van der Waals surface area contributed by atoms with Crippen molar-refractivity contribution in [3.8, 4) is 0 Å². The maximum absolute atomic E-state index is 11.2. The third-order valence-electron chi connectivity index (χ3n) is 1.26. The highest BCUT2D eigenvalue weighted by molar-refractivity contribution is 8.16. The summed E-state index contributed by atoms with van der Waals surface area (Å²) in [5, 5.41) is 4.12. The maximum atomic E-state index is 11.2. The van der Waals surface area contributed by atoms with Gasteiger partial charge < -0.3 is 9.47 Å². The Morgan fingerprint density at radius 2 is 1.94 bits per heavy atom. The number of nitrogens with one attached hydrogen (secondary N) is 1. The van der Waals surface area contributed by atoms with E-state index in [0.29, 0.717) is 0 Å². The van der Waals surface area contributed by atoms with Crippen LogP contribution in [-0.2, 0) is 9.47 Å². The van der Waals surface area contributed by atoms with Crippen LogP contribution in [0, 0.1) is 0 Å². The normalized spacial score (nSPS) is 11.4. The average molecular weight is 260 g/mol. The van der Waals surface area contributed by atoms with Gasteiger partial charge in [0.05, 0.1) is 13.2 Å². The van der Waals surface area contributed by atoms with E-state index in [1.165, 1.54) is 0 Å². The van der Waals surface area contributed by atoms with Crippen LogP contribution in [0.25, 0.3) is 0 Å². The summed E-state index contributed by atoms with van der Waals surface area (Å²) >= 11 is 1.09. The smallest absolute Gasteiger partial charge is 0.436 e. The first kappa shape index (κ1) is 15.5. The molecule has 0 heterocycles. The fourth-order valence-corrected chi connectivity index (χ4v) is 1.24. The molecule has 0 rings (SSSR count). The summed E-state index contributed by atoms with van der Waals surface area (Å²) < 4.78 is 9.31. The third-order valence-corrected chi connectivity index (χ3v) is 2.09. The zero-order valence-electron chi connectivity index (χ0n) is 10.1. The van der Waals surface area contributed by atoms with E-state index in [9.17, 15) is 9.59 Å². The Hall–Kier alpha value is -1.50. The van der Waals surface area contributed by atoms with Gasteiger partial charge in [-0.1, -0.05) is 17.8 Å². The number of alkyl carbamates (subject to hydrolysis) is 1. The molecule has 0 aromatic carbocycles. The first-order valence-corrected chi connectivity index (χ1v) is 5.99. The van der Waals surface area contributed by atoms with Crippen molar-refractivity contribution in [1.29, 1.82) is 0 Å². The monoisotopic (exact) mass is 260 g/mol. The number of carbonyl (C=O) groups excluding carboxylic acids is 2. The van der Waals surface area contributed by atoms with Crippen molar-refractivity contribution in [3.05, 3.63) is 11.5 Å². The average Bonchev–Trinajstić information content (AvgIpc) is 2.26. The fraction of sp³-hybridized carbons (Fsp3) is 0.500. The lowest BCUT2D eigenvalue weighted by Gasteiger charge is -2.05. The molecule has 6 nitrogen and oxygen atoms in total. The van der Waals surface area contributed by atoms with Gasteiger partial charge in [-0.3, -0.25) is 5.32 Å². The van der Waals surface area contributed by atoms with E-state index >= 15 is 0 Å². The van der Waals surface area contributed by atoms with E-state index in [1.54, 1.807) is 32.3 Å². The fourth-order valence-electron chi connectivity index (χ4n) is 0.709. The quantitative estimate of drug-likeness (QED) is 0.623. The molecule has 0 radical (unpaired) electrons. The van der Waals surface area contributed by atoms with Gasteiger partial charge in [0, 0.05) is 0 Å². The van der Waals surface area contributed by atoms with Gasteiger partial charge in [0.1, 0.15) is 0 Å². The molecule has 96 valence electrons. The Balaban J connectivity index is 4.51. The summed E-state index contributed by atoms with van der Waals surface area (Å²) in [6, 6.07) is 0. The summed E-state index contributed by atoms with van der Waals surface area (Å²) in [6.45, 7) is 5.63. The summed E-state index contributed by atoms with van der Waals surface area (Å²) in [5.74, 6) is 0. The number of carbonyl (C=O) groups is 2. The predicted molar refractivity (Wildman–Crippen MR) is 67.0 cm³/mol. The van der Waals surface area contributed by atoms with Crippen LogP contribution >= 0.6 is 11.8 Å². The first-order chi connectivity index (χ1) is 8.13. The van der Waals surface area contributed by atoms with Gasteiger partial charge in [-0.2, -0.15) is 4.99 Å². The van der Waals surface area contributed by atoms with Crippen molar-refractivity contribution >= 4 is 29.1 Å². The highest BCUT2D eigenvalue weighted by atomic mass is 32.2. The van der Waals surface area contributed by atoms with Gasteiger partial charge in [-0.25, -0.2) is 9.59 Å². The topological polar surface area (TPSA) is 77.0 Å². The highest BCUT2D eigenvalue weighted by Gasteiger charge is 2.08. The summed E-state index contributed by atoms with van der Waals surface area (Å²) in [7, 11) is 0. The first-order valence-electron chi connectivity index (χ1n) is 5.11. The molecule has 0 bridgehead atoms. The van der Waals surface area contributed by atoms with Crippen molar-refractivity contribution in [3.63, 3.8) is 0 Å². The number of aliphatic imine (C=N–C) groups is 1. The minimum atomic E-state index is -0.753. The van der Waals surface area contributed by atoms with Gasteiger partial charge in [0.2, 0.25) is 0 Å². The second-order valence-electron chi connectivity index (χ2n) is 2.55. The molecule has 0 aliphatic rings. The van der Waals surface area contributed by atoms with Gasteiger partial charge >= 0.3 is 12.2 Å². The Morgan fingerprint density at radius 3 is 2.47 bits per heavy atom. The van der Waals surface area contributed by atoms with Crippen molar-refractivity contribution < 1.29 is 19.1 Å². The standard InChI is InChI=1S/C10H16N2O4S/c1-4-7-17-8(11-9(13)15-5-2)12-10(14)16-6-3/h4,7H,5-6H2,1-3H3,(H,11,12,13,14). The van der Waals surface area contributed by atoms with Gasteiger partial charge in [0.25, 0.3) is 0 Å². The Bertz CT molecular complexity index is 315. The molecule has 0 atom stereocenters. The zero-order valence-corrected chi connectivity index (χ0v) is 10.9. The molecule has 0 aliphatic carbocycles. The molecular weight excluding hydrogens is 244 g/mol. The predicted octanol–water partition coefficient (Wildman–Crippen LogP) is 2.51. The summed E-state index contributed by atoms with van der Waals surface area (Å²) in [6.07, 6.45) is 0.335. The number of allylic oxidation sites excluding steroid dienone is 1. The molecule has 17 heavy (non-hydrogen) atoms. The molecule has 0 aromatic heterocycles. The lowest BCUT2D eigenvalue weighted by molar-refractivity contribution is 0.158. The summed E-state index contributed by atoms with van der Waals surface area (Å²) in [5.41, 5.74) is 0.